The van der Waals surface area contributed by atoms with Crippen LogP contribution in [0.1, 0.15) is 31.0 Å². The number of primary amides is 1. The van der Waals surface area contributed by atoms with E-state index in [0.29, 0.717) is 17.7 Å². The van der Waals surface area contributed by atoms with Crippen LogP contribution in [-0.4, -0.2) is 124 Å². The molecule has 0 aliphatic carbocycles. The molecule has 290 valence electrons. The largest absolute Gasteiger partial charge is 0.394 e. The smallest absolute Gasteiger partial charge is 0.248 e. The number of carbonyl (C=O) groups excluding carboxylic acids is 7. The van der Waals surface area contributed by atoms with E-state index in [-0.39, 0.29) is 25.8 Å². The van der Waals surface area contributed by atoms with Crippen LogP contribution in [-0.2, 0) is 46.4 Å². The van der Waals surface area contributed by atoms with E-state index in [1.807, 2.05) is 30.3 Å². The fraction of sp³-hybridized carbons (Fsp3) is 0.417. The van der Waals surface area contributed by atoms with Gasteiger partial charge in [-0.1, -0.05) is 48.5 Å². The van der Waals surface area contributed by atoms with Crippen molar-refractivity contribution in [3.63, 3.8) is 0 Å². The summed E-state index contributed by atoms with van der Waals surface area (Å²) in [5.41, 5.74) is 12.8. The first kappa shape index (κ1) is 40.9. The van der Waals surface area contributed by atoms with Crippen molar-refractivity contribution in [2.24, 2.45) is 11.5 Å². The van der Waals surface area contributed by atoms with Crippen molar-refractivity contribution in [3.8, 4) is 0 Å². The zero-order valence-corrected chi connectivity index (χ0v) is 29.7. The van der Waals surface area contributed by atoms with Crippen LogP contribution in [0.15, 0.2) is 60.7 Å². The summed E-state index contributed by atoms with van der Waals surface area (Å²) in [5, 5.41) is 33.3. The Balaban J connectivity index is 1.48. The van der Waals surface area contributed by atoms with E-state index in [1.54, 1.807) is 30.3 Å². The lowest BCUT2D eigenvalue weighted by Gasteiger charge is -2.30. The number of aromatic nitrogens is 1. The Hall–Kier alpha value is -5.85. The van der Waals surface area contributed by atoms with Gasteiger partial charge >= 0.3 is 0 Å². The summed E-state index contributed by atoms with van der Waals surface area (Å²) >= 11 is 0. The monoisotopic (exact) mass is 749 g/mol. The lowest BCUT2D eigenvalue weighted by molar-refractivity contribution is -0.143. The predicted octanol–water partition coefficient (Wildman–Crippen LogP) is -3.18. The number of H-pyrrole nitrogens is 1. The van der Waals surface area contributed by atoms with Gasteiger partial charge in [-0.25, -0.2) is 0 Å². The quantitative estimate of drug-likeness (QED) is 0.0622. The minimum absolute atomic E-state index is 0.0155. The third-order valence-electron chi connectivity index (χ3n) is 8.86. The summed E-state index contributed by atoms with van der Waals surface area (Å²) in [7, 11) is 0. The molecule has 7 amide bonds. The molecule has 0 radical (unpaired) electrons. The second-order valence-corrected chi connectivity index (χ2v) is 13.0. The number of nitrogens with zero attached hydrogens (tertiary/aromatic N) is 1. The van der Waals surface area contributed by atoms with Gasteiger partial charge in [0.15, 0.2) is 0 Å². The van der Waals surface area contributed by atoms with Gasteiger partial charge < -0.3 is 58.1 Å². The van der Waals surface area contributed by atoms with Gasteiger partial charge in [-0.3, -0.25) is 33.6 Å². The number of nitrogens with two attached hydrogens (primary N) is 2. The topological polar surface area (TPSA) is 291 Å². The van der Waals surface area contributed by atoms with Gasteiger partial charge in [0, 0.05) is 30.6 Å². The number of fused-ring (bicyclic) bond motifs is 1. The normalized spacial score (nSPS) is 16.7. The zero-order chi connectivity index (χ0) is 39.4. The molecule has 1 aromatic heterocycles. The van der Waals surface area contributed by atoms with Crippen molar-refractivity contribution in [3.05, 3.63) is 71.9 Å². The molecule has 12 N–H and O–H groups in total. The molecule has 0 spiro atoms. The van der Waals surface area contributed by atoms with Gasteiger partial charge in [-0.05, 0) is 42.8 Å². The van der Waals surface area contributed by atoms with Crippen molar-refractivity contribution in [2.45, 2.75) is 68.9 Å². The van der Waals surface area contributed by atoms with Gasteiger partial charge in [0.2, 0.25) is 41.4 Å². The first-order chi connectivity index (χ1) is 25.8. The number of amides is 7. The number of para-hydroxylation sites is 1. The van der Waals surface area contributed by atoms with Crippen LogP contribution < -0.4 is 38.1 Å². The number of benzene rings is 2. The third kappa shape index (κ3) is 11.1. The highest BCUT2D eigenvalue weighted by atomic mass is 16.3. The molecule has 18 heteroatoms. The van der Waals surface area contributed by atoms with Crippen molar-refractivity contribution < 1.29 is 43.8 Å². The van der Waals surface area contributed by atoms with Crippen LogP contribution in [0.2, 0.25) is 0 Å². The van der Waals surface area contributed by atoms with Gasteiger partial charge in [-0.2, -0.15) is 0 Å². The van der Waals surface area contributed by atoms with Crippen LogP contribution in [0.4, 0.5) is 0 Å². The summed E-state index contributed by atoms with van der Waals surface area (Å²) in [6.45, 7) is -0.622. The Labute approximate surface area is 310 Å². The molecular weight excluding hydrogens is 702 g/mol. The zero-order valence-electron chi connectivity index (χ0n) is 29.7. The van der Waals surface area contributed by atoms with Gasteiger partial charge in [0.25, 0.3) is 0 Å². The second kappa shape index (κ2) is 19.3. The number of nitrogens with one attached hydrogen (secondary N) is 6. The van der Waals surface area contributed by atoms with Crippen molar-refractivity contribution in [1.82, 2.24) is 36.5 Å². The molecule has 3 aromatic rings. The molecule has 0 saturated carbocycles. The van der Waals surface area contributed by atoms with Crippen molar-refractivity contribution in [2.75, 3.05) is 26.3 Å². The van der Waals surface area contributed by atoms with E-state index in [9.17, 15) is 43.8 Å². The van der Waals surface area contributed by atoms with E-state index in [1.165, 1.54) is 11.8 Å². The molecule has 6 unspecified atom stereocenters. The first-order valence-electron chi connectivity index (χ1n) is 17.5. The summed E-state index contributed by atoms with van der Waals surface area (Å²) < 4.78 is 0. The molecular formula is C36H47N9O9. The molecule has 6 atom stereocenters. The number of aromatic amines is 1. The molecule has 1 fully saturated rings. The van der Waals surface area contributed by atoms with Gasteiger partial charge in [0.1, 0.15) is 30.2 Å². The maximum atomic E-state index is 13.8. The summed E-state index contributed by atoms with van der Waals surface area (Å²) in [5.74, 6) is -5.38. The van der Waals surface area contributed by atoms with Gasteiger partial charge in [0.05, 0.1) is 25.8 Å². The number of carbonyl (C=O) groups is 7. The SMILES string of the molecule is CC(N)C(=O)NC(CO)C(=O)NC(Cc1ccccc1)C(=O)NC(CO)C(=O)N1CCCC1C(=O)NC(Cc1cc2ccccc2[nH]1)C(=O)NCC(N)=O. The van der Waals surface area contributed by atoms with Crippen molar-refractivity contribution >= 4 is 52.3 Å². The fourth-order valence-electron chi connectivity index (χ4n) is 6.03. The fourth-order valence-corrected chi connectivity index (χ4v) is 6.03. The molecule has 4 rings (SSSR count). The lowest BCUT2D eigenvalue weighted by atomic mass is 10.0. The van der Waals surface area contributed by atoms with E-state index in [2.05, 4.69) is 31.6 Å². The Morgan fingerprint density at radius 2 is 1.41 bits per heavy atom. The molecule has 1 aliphatic rings. The molecule has 0 bridgehead atoms. The molecule has 1 saturated heterocycles. The third-order valence-corrected chi connectivity index (χ3v) is 8.86. The van der Waals surface area contributed by atoms with E-state index in [4.69, 9.17) is 11.5 Å². The molecule has 1 aliphatic heterocycles. The van der Waals surface area contributed by atoms with Crippen LogP contribution in [0.25, 0.3) is 10.9 Å². The summed E-state index contributed by atoms with van der Waals surface area (Å²) in [6, 6.07) is 10.3. The van der Waals surface area contributed by atoms with Crippen molar-refractivity contribution in [1.29, 1.82) is 0 Å². The average Bonchev–Trinajstić information content (AvgIpc) is 3.82. The second-order valence-electron chi connectivity index (χ2n) is 13.0. The number of hydrogen-bond acceptors (Lipinski definition) is 10. The highest BCUT2D eigenvalue weighted by Gasteiger charge is 2.39. The Kier molecular flexibility index (Phi) is 14.6. The molecule has 18 nitrogen and oxygen atoms in total. The van der Waals surface area contributed by atoms with Crippen LogP contribution in [0.5, 0.6) is 0 Å². The number of aliphatic hydroxyl groups excluding tert-OH is 2. The minimum Gasteiger partial charge on any atom is -0.394 e. The maximum absolute atomic E-state index is 13.8. The molecule has 2 heterocycles. The van der Waals surface area contributed by atoms with Crippen LogP contribution in [0.3, 0.4) is 0 Å². The molecule has 54 heavy (non-hydrogen) atoms. The minimum atomic E-state index is -1.53. The number of likely N-dealkylation sites (tertiary alicyclic amines) is 1. The van der Waals surface area contributed by atoms with E-state index >= 15 is 0 Å². The lowest BCUT2D eigenvalue weighted by Crippen LogP contribution is -2.60. The number of aliphatic hydroxyl groups is 2. The Bertz CT molecular complexity index is 1780. The number of hydrogen-bond donors (Lipinski definition) is 10. The predicted molar refractivity (Wildman–Crippen MR) is 195 cm³/mol. The van der Waals surface area contributed by atoms with Gasteiger partial charge in [-0.15, -0.1) is 0 Å². The van der Waals surface area contributed by atoms with E-state index < -0.39 is 97.4 Å². The molecule has 2 aromatic carbocycles. The Morgan fingerprint density at radius 1 is 0.796 bits per heavy atom. The highest BCUT2D eigenvalue weighted by molar-refractivity contribution is 5.97. The van der Waals surface area contributed by atoms with E-state index in [0.717, 1.165) is 10.9 Å². The Morgan fingerprint density at radius 3 is 2.06 bits per heavy atom. The number of rotatable bonds is 18. The standard InChI is InChI=1S/C36H47N9O9/c1-20(37)31(49)43-27(18-46)34(52)41-25(14-21-8-3-2-4-9-21)33(51)44-28(19-47)36(54)45-13-7-12-29(45)35(53)42-26(32(50)39-17-30(38)48)16-23-15-22-10-5-6-11-24(22)40-23/h2-6,8-11,15,20,25-29,40,46-47H,7,12-14,16-19,37H2,1H3,(H2,38,48)(H,39,50)(H,41,52)(H,42,53)(H,43,49)(H,44,51). The summed E-state index contributed by atoms with van der Waals surface area (Å²) in [6.07, 6.45) is 0.572. The maximum Gasteiger partial charge on any atom is 0.248 e. The first-order valence-corrected chi connectivity index (χ1v) is 17.5. The van der Waals surface area contributed by atoms with Crippen LogP contribution in [0, 0.1) is 0 Å². The summed E-state index contributed by atoms with van der Waals surface area (Å²) in [4.78, 5) is 95.3. The van der Waals surface area contributed by atoms with Crippen LogP contribution >= 0.6 is 0 Å². The highest BCUT2D eigenvalue weighted by Crippen LogP contribution is 2.20. The average molecular weight is 750 g/mol.